The highest BCUT2D eigenvalue weighted by Gasteiger charge is 2.43. The standard InChI is InChI=1S/C20H30F2O5/c1-2-3-12-20(21,22)18(25)11-10-15-14(16(23)13-17(15)24)8-6-4-5-7-9-19(26)27/h4,6,14-15,17,24H,2-3,5,7-13H2,1H3,(H,26,27)/b6-4+/t14-,15?,17-/m1/s1. The lowest BCUT2D eigenvalue weighted by Gasteiger charge is -2.21. The lowest BCUT2D eigenvalue weighted by Crippen LogP contribution is -2.30. The van der Waals surface area contributed by atoms with E-state index >= 15 is 0 Å². The van der Waals surface area contributed by atoms with Gasteiger partial charge in [-0.05, 0) is 38.0 Å². The number of carboxylic acids is 1. The molecule has 1 aliphatic carbocycles. The summed E-state index contributed by atoms with van der Waals surface area (Å²) in [5.41, 5.74) is 0. The molecule has 7 heteroatoms. The summed E-state index contributed by atoms with van der Waals surface area (Å²) in [6.07, 6.45) is 4.29. The van der Waals surface area contributed by atoms with Crippen molar-refractivity contribution in [1.82, 2.24) is 0 Å². The summed E-state index contributed by atoms with van der Waals surface area (Å²) in [4.78, 5) is 34.4. The lowest BCUT2D eigenvalue weighted by molar-refractivity contribution is -0.144. The number of hydrogen-bond acceptors (Lipinski definition) is 4. The summed E-state index contributed by atoms with van der Waals surface area (Å²) >= 11 is 0. The predicted molar refractivity (Wildman–Crippen MR) is 96.6 cm³/mol. The number of rotatable bonds is 13. The zero-order valence-corrected chi connectivity index (χ0v) is 15.8. The van der Waals surface area contributed by atoms with Crippen LogP contribution < -0.4 is 0 Å². The summed E-state index contributed by atoms with van der Waals surface area (Å²) in [7, 11) is 0. The molecule has 154 valence electrons. The van der Waals surface area contributed by atoms with Crippen LogP contribution in [0.25, 0.3) is 0 Å². The summed E-state index contributed by atoms with van der Waals surface area (Å²) in [6.45, 7) is 1.78. The van der Waals surface area contributed by atoms with Crippen LogP contribution in [0.4, 0.5) is 8.78 Å². The maximum absolute atomic E-state index is 13.8. The molecule has 3 atom stereocenters. The van der Waals surface area contributed by atoms with Gasteiger partial charge in [-0.1, -0.05) is 25.5 Å². The molecule has 5 nitrogen and oxygen atoms in total. The number of allylic oxidation sites excluding steroid dienone is 2. The van der Waals surface area contributed by atoms with E-state index in [0.717, 1.165) is 0 Å². The molecule has 0 aromatic rings. The SMILES string of the molecule is CCCCC(F)(F)C(=O)CCC1[C@H](O)CC(=O)[C@@H]1C/C=C/CCCC(=O)O. The first-order valence-corrected chi connectivity index (χ1v) is 9.67. The average molecular weight is 388 g/mol. The van der Waals surface area contributed by atoms with Gasteiger partial charge in [0.1, 0.15) is 5.78 Å². The van der Waals surface area contributed by atoms with Gasteiger partial charge in [0, 0.05) is 31.6 Å². The van der Waals surface area contributed by atoms with Crippen molar-refractivity contribution in [3.05, 3.63) is 12.2 Å². The van der Waals surface area contributed by atoms with Crippen molar-refractivity contribution < 1.29 is 33.4 Å². The van der Waals surface area contributed by atoms with Crippen LogP contribution in [0.15, 0.2) is 12.2 Å². The molecule has 27 heavy (non-hydrogen) atoms. The minimum absolute atomic E-state index is 0.0113. The Kier molecular flexibility index (Phi) is 9.77. The monoisotopic (exact) mass is 388 g/mol. The van der Waals surface area contributed by atoms with E-state index in [0.29, 0.717) is 25.7 Å². The first-order valence-electron chi connectivity index (χ1n) is 9.67. The summed E-state index contributed by atoms with van der Waals surface area (Å²) in [5, 5.41) is 18.7. The van der Waals surface area contributed by atoms with E-state index in [4.69, 9.17) is 5.11 Å². The number of halogens is 2. The zero-order chi connectivity index (χ0) is 20.4. The molecule has 0 saturated heterocycles. The van der Waals surface area contributed by atoms with Crippen molar-refractivity contribution in [2.75, 3.05) is 0 Å². The van der Waals surface area contributed by atoms with Crippen LogP contribution in [0.1, 0.15) is 71.1 Å². The molecule has 1 unspecified atom stereocenters. The normalized spacial score (nSPS) is 23.3. The fraction of sp³-hybridized carbons (Fsp3) is 0.750. The lowest BCUT2D eigenvalue weighted by atomic mass is 9.86. The molecule has 0 aromatic carbocycles. The van der Waals surface area contributed by atoms with Crippen molar-refractivity contribution in [2.45, 2.75) is 83.2 Å². The van der Waals surface area contributed by atoms with Crippen molar-refractivity contribution >= 4 is 17.5 Å². The van der Waals surface area contributed by atoms with Gasteiger partial charge in [0.25, 0.3) is 0 Å². The highest BCUT2D eigenvalue weighted by atomic mass is 19.3. The Morgan fingerprint density at radius 2 is 1.93 bits per heavy atom. The Balaban J connectivity index is 2.53. The molecule has 0 aromatic heterocycles. The van der Waals surface area contributed by atoms with E-state index in [9.17, 15) is 28.3 Å². The predicted octanol–water partition coefficient (Wildman–Crippen LogP) is 3.93. The number of hydrogen-bond donors (Lipinski definition) is 2. The van der Waals surface area contributed by atoms with Crippen molar-refractivity contribution in [3.63, 3.8) is 0 Å². The van der Waals surface area contributed by atoms with Gasteiger partial charge in [-0.25, -0.2) is 0 Å². The van der Waals surface area contributed by atoms with E-state index in [1.807, 2.05) is 0 Å². The van der Waals surface area contributed by atoms with Gasteiger partial charge in [0.05, 0.1) is 6.10 Å². The number of alkyl halides is 2. The molecule has 0 aliphatic heterocycles. The second-order valence-corrected chi connectivity index (χ2v) is 7.27. The molecule has 0 bridgehead atoms. The van der Waals surface area contributed by atoms with Crippen LogP contribution in [0.5, 0.6) is 0 Å². The fourth-order valence-electron chi connectivity index (χ4n) is 3.47. The van der Waals surface area contributed by atoms with E-state index < -0.39 is 42.0 Å². The Hall–Kier alpha value is -1.63. The fourth-order valence-corrected chi connectivity index (χ4v) is 3.47. The van der Waals surface area contributed by atoms with Gasteiger partial charge in [-0.3, -0.25) is 14.4 Å². The number of carbonyl (C=O) groups excluding carboxylic acids is 2. The Morgan fingerprint density at radius 1 is 1.22 bits per heavy atom. The number of unbranched alkanes of at least 4 members (excludes halogenated alkanes) is 2. The molecule has 1 aliphatic rings. The first kappa shape index (κ1) is 23.4. The topological polar surface area (TPSA) is 91.7 Å². The number of ketones is 2. The van der Waals surface area contributed by atoms with Crippen LogP contribution in [0.2, 0.25) is 0 Å². The van der Waals surface area contributed by atoms with Crippen molar-refractivity contribution in [3.8, 4) is 0 Å². The summed E-state index contributed by atoms with van der Waals surface area (Å²) in [6, 6.07) is 0. The van der Waals surface area contributed by atoms with Crippen LogP contribution >= 0.6 is 0 Å². The summed E-state index contributed by atoms with van der Waals surface area (Å²) < 4.78 is 27.6. The number of aliphatic hydroxyl groups excluding tert-OH is 1. The number of aliphatic carboxylic acids is 1. The third kappa shape index (κ3) is 7.87. The highest BCUT2D eigenvalue weighted by Crippen LogP contribution is 2.36. The Morgan fingerprint density at radius 3 is 2.56 bits per heavy atom. The van der Waals surface area contributed by atoms with E-state index in [1.165, 1.54) is 0 Å². The van der Waals surface area contributed by atoms with Crippen LogP contribution in [0.3, 0.4) is 0 Å². The van der Waals surface area contributed by atoms with Crippen LogP contribution in [-0.4, -0.2) is 39.8 Å². The van der Waals surface area contributed by atoms with Gasteiger partial charge >= 0.3 is 11.9 Å². The number of carboxylic acid groups (broad SMARTS) is 1. The van der Waals surface area contributed by atoms with Gasteiger partial charge in [-0.15, -0.1) is 0 Å². The minimum atomic E-state index is -3.34. The van der Waals surface area contributed by atoms with Crippen molar-refractivity contribution in [2.24, 2.45) is 11.8 Å². The molecule has 1 rings (SSSR count). The van der Waals surface area contributed by atoms with Gasteiger partial charge in [0.2, 0.25) is 5.78 Å². The number of Topliss-reactive ketones (excluding diaryl/α,β-unsaturated/α-hetero) is 2. The Bertz CT molecular complexity index is 544. The van der Waals surface area contributed by atoms with Crippen LogP contribution in [0, 0.1) is 11.8 Å². The molecule has 0 radical (unpaired) electrons. The maximum Gasteiger partial charge on any atom is 0.305 e. The van der Waals surface area contributed by atoms with E-state index in [2.05, 4.69) is 0 Å². The van der Waals surface area contributed by atoms with Crippen LogP contribution in [-0.2, 0) is 14.4 Å². The quantitative estimate of drug-likeness (QED) is 0.368. The molecular formula is C20H30F2O5. The molecule has 1 fully saturated rings. The first-order chi connectivity index (χ1) is 12.7. The third-order valence-electron chi connectivity index (χ3n) is 5.11. The maximum atomic E-state index is 13.8. The van der Waals surface area contributed by atoms with Gasteiger partial charge in [-0.2, -0.15) is 8.78 Å². The number of aliphatic hydroxyl groups is 1. The largest absolute Gasteiger partial charge is 0.481 e. The molecule has 0 heterocycles. The van der Waals surface area contributed by atoms with Crippen molar-refractivity contribution in [1.29, 1.82) is 0 Å². The molecule has 2 N–H and O–H groups in total. The van der Waals surface area contributed by atoms with Gasteiger partial charge < -0.3 is 10.2 Å². The second kappa shape index (κ2) is 11.3. The van der Waals surface area contributed by atoms with E-state index in [-0.39, 0.29) is 37.9 Å². The van der Waals surface area contributed by atoms with Gasteiger partial charge in [0.15, 0.2) is 0 Å². The molecule has 0 spiro atoms. The van der Waals surface area contributed by atoms with E-state index in [1.54, 1.807) is 19.1 Å². The number of carbonyl (C=O) groups is 3. The third-order valence-corrected chi connectivity index (χ3v) is 5.11. The smallest absolute Gasteiger partial charge is 0.305 e. The highest BCUT2D eigenvalue weighted by molar-refractivity contribution is 5.86. The minimum Gasteiger partial charge on any atom is -0.481 e. The summed E-state index contributed by atoms with van der Waals surface area (Å²) in [5.74, 6) is -6.42. The molecular weight excluding hydrogens is 358 g/mol. The Labute approximate surface area is 158 Å². The average Bonchev–Trinajstić information content (AvgIpc) is 2.86. The second-order valence-electron chi connectivity index (χ2n) is 7.27. The molecule has 0 amide bonds. The molecule has 1 saturated carbocycles. The zero-order valence-electron chi connectivity index (χ0n) is 15.8.